The van der Waals surface area contributed by atoms with Crippen molar-refractivity contribution in [1.82, 2.24) is 25.9 Å². The molecule has 1 saturated heterocycles. The summed E-state index contributed by atoms with van der Waals surface area (Å²) in [5.74, 6) is 0.310. The van der Waals surface area contributed by atoms with Gasteiger partial charge in [0, 0.05) is 25.2 Å². The van der Waals surface area contributed by atoms with Gasteiger partial charge in [-0.2, -0.15) is 0 Å². The summed E-state index contributed by atoms with van der Waals surface area (Å²) < 4.78 is 0. The van der Waals surface area contributed by atoms with Crippen molar-refractivity contribution >= 4 is 11.8 Å². The molecule has 2 aromatic heterocycles. The van der Waals surface area contributed by atoms with Crippen molar-refractivity contribution in [3.63, 3.8) is 0 Å². The van der Waals surface area contributed by atoms with E-state index in [4.69, 9.17) is 0 Å². The van der Waals surface area contributed by atoms with Gasteiger partial charge in [0.2, 0.25) is 11.8 Å². The smallest absolute Gasteiger partial charge is 0.220 e. The van der Waals surface area contributed by atoms with Crippen molar-refractivity contribution in [1.29, 1.82) is 0 Å². The van der Waals surface area contributed by atoms with E-state index in [1.54, 1.807) is 12.4 Å². The van der Waals surface area contributed by atoms with E-state index < -0.39 is 0 Å². The van der Waals surface area contributed by atoms with Gasteiger partial charge in [-0.15, -0.1) is 0 Å². The maximum absolute atomic E-state index is 12.2. The molecule has 3 rings (SSSR count). The molecule has 0 aromatic carbocycles. The summed E-state index contributed by atoms with van der Waals surface area (Å²) in [5, 5.41) is 9.11. The molecule has 1 aliphatic rings. The van der Waals surface area contributed by atoms with E-state index in [1.807, 2.05) is 36.4 Å². The van der Waals surface area contributed by atoms with E-state index in [9.17, 15) is 9.59 Å². The Balaban J connectivity index is 1.41. The average Bonchev–Trinajstić information content (AvgIpc) is 3.13. The summed E-state index contributed by atoms with van der Waals surface area (Å²) in [6, 6.07) is 11.3. The first-order valence-corrected chi connectivity index (χ1v) is 9.24. The fourth-order valence-corrected chi connectivity index (χ4v) is 3.27. The minimum atomic E-state index is -0.00625. The molecule has 0 radical (unpaired) electrons. The molecule has 0 bridgehead atoms. The lowest BCUT2D eigenvalue weighted by molar-refractivity contribution is -0.124. The third-order valence-electron chi connectivity index (χ3n) is 4.76. The molecule has 0 spiro atoms. The van der Waals surface area contributed by atoms with Gasteiger partial charge in [0.1, 0.15) is 0 Å². The van der Waals surface area contributed by atoms with Crippen LogP contribution in [0.3, 0.4) is 0 Å². The largest absolute Gasteiger partial charge is 0.350 e. The number of nitrogens with zero attached hydrogens (tertiary/aromatic N) is 2. The van der Waals surface area contributed by atoms with Crippen LogP contribution in [-0.4, -0.2) is 34.9 Å². The number of hydrogen-bond donors (Lipinski definition) is 3. The van der Waals surface area contributed by atoms with Gasteiger partial charge >= 0.3 is 0 Å². The second-order valence-electron chi connectivity index (χ2n) is 6.78. The molecule has 3 N–H and O–H groups in total. The topological polar surface area (TPSA) is 96.0 Å². The van der Waals surface area contributed by atoms with Crippen LogP contribution in [0.15, 0.2) is 48.8 Å². The fourth-order valence-electron chi connectivity index (χ4n) is 3.27. The van der Waals surface area contributed by atoms with Gasteiger partial charge in [0.25, 0.3) is 0 Å². The average molecular weight is 367 g/mol. The van der Waals surface area contributed by atoms with E-state index in [0.29, 0.717) is 25.9 Å². The van der Waals surface area contributed by atoms with Crippen LogP contribution in [0.2, 0.25) is 0 Å². The molecule has 0 aliphatic carbocycles. The van der Waals surface area contributed by atoms with Crippen LogP contribution < -0.4 is 16.0 Å². The molecule has 2 amide bonds. The van der Waals surface area contributed by atoms with E-state index in [-0.39, 0.29) is 23.7 Å². The Morgan fingerprint density at radius 1 is 0.852 bits per heavy atom. The maximum Gasteiger partial charge on any atom is 0.220 e. The second-order valence-corrected chi connectivity index (χ2v) is 6.78. The molecule has 3 heterocycles. The molecule has 2 atom stereocenters. The molecule has 2 aromatic rings. The van der Waals surface area contributed by atoms with Gasteiger partial charge < -0.3 is 16.0 Å². The van der Waals surface area contributed by atoms with E-state index >= 15 is 0 Å². The SMILES string of the molecule is O=C(C[C@@H]1CNC[C@H]1CC(=O)NCc1ccccn1)NCc1ccccn1. The minimum Gasteiger partial charge on any atom is -0.350 e. The van der Waals surface area contributed by atoms with Crippen LogP contribution in [0.4, 0.5) is 0 Å². The molecular formula is C20H25N5O2. The first kappa shape index (κ1) is 19.0. The van der Waals surface area contributed by atoms with Crippen LogP contribution in [-0.2, 0) is 22.7 Å². The lowest BCUT2D eigenvalue weighted by Crippen LogP contribution is -2.31. The van der Waals surface area contributed by atoms with E-state index in [0.717, 1.165) is 24.5 Å². The summed E-state index contributed by atoms with van der Waals surface area (Å²) in [6.07, 6.45) is 4.25. The maximum atomic E-state index is 12.2. The number of carbonyl (C=O) groups excluding carboxylic acids is 2. The van der Waals surface area contributed by atoms with Crippen LogP contribution in [0.25, 0.3) is 0 Å². The molecule has 0 saturated carbocycles. The number of hydrogen-bond acceptors (Lipinski definition) is 5. The molecule has 1 aliphatic heterocycles. The summed E-state index contributed by atoms with van der Waals surface area (Å²) in [4.78, 5) is 32.9. The van der Waals surface area contributed by atoms with Gasteiger partial charge in [-0.05, 0) is 49.2 Å². The fraction of sp³-hybridized carbons (Fsp3) is 0.400. The number of pyridine rings is 2. The van der Waals surface area contributed by atoms with Gasteiger partial charge in [-0.25, -0.2) is 0 Å². The van der Waals surface area contributed by atoms with Crippen molar-refractivity contribution in [3.8, 4) is 0 Å². The highest BCUT2D eigenvalue weighted by molar-refractivity contribution is 5.77. The predicted octanol–water partition coefficient (Wildman–Crippen LogP) is 1.03. The van der Waals surface area contributed by atoms with Crippen molar-refractivity contribution < 1.29 is 9.59 Å². The number of nitrogens with one attached hydrogen (secondary N) is 3. The standard InChI is InChI=1S/C20H25N5O2/c26-19(24-13-17-5-1-3-7-22-17)9-15-11-21-12-16(15)10-20(27)25-14-18-6-2-4-8-23-18/h1-8,15-16,21H,9-14H2,(H,24,26)(H,25,27)/t15-,16-/m1/s1. The van der Waals surface area contributed by atoms with Crippen LogP contribution in [0, 0.1) is 11.8 Å². The normalized spacial score (nSPS) is 18.8. The van der Waals surface area contributed by atoms with E-state index in [1.165, 1.54) is 0 Å². The number of amides is 2. The third-order valence-corrected chi connectivity index (χ3v) is 4.76. The predicted molar refractivity (Wildman–Crippen MR) is 101 cm³/mol. The van der Waals surface area contributed by atoms with Crippen LogP contribution >= 0.6 is 0 Å². The van der Waals surface area contributed by atoms with Crippen molar-refractivity contribution in [3.05, 3.63) is 60.2 Å². The molecule has 142 valence electrons. The molecule has 7 heteroatoms. The molecule has 7 nitrogen and oxygen atoms in total. The van der Waals surface area contributed by atoms with Gasteiger partial charge in [0.05, 0.1) is 24.5 Å². The second kappa shape index (κ2) is 9.78. The summed E-state index contributed by atoms with van der Waals surface area (Å²) >= 11 is 0. The number of aromatic nitrogens is 2. The highest BCUT2D eigenvalue weighted by atomic mass is 16.2. The van der Waals surface area contributed by atoms with Crippen LogP contribution in [0.1, 0.15) is 24.2 Å². The molecule has 27 heavy (non-hydrogen) atoms. The lowest BCUT2D eigenvalue weighted by Gasteiger charge is -2.18. The quantitative estimate of drug-likeness (QED) is 0.648. The van der Waals surface area contributed by atoms with Crippen LogP contribution in [0.5, 0.6) is 0 Å². The van der Waals surface area contributed by atoms with Crippen molar-refractivity contribution in [2.45, 2.75) is 25.9 Å². The Hall–Kier alpha value is -2.80. The Morgan fingerprint density at radius 2 is 1.33 bits per heavy atom. The Bertz CT molecular complexity index is 675. The minimum absolute atomic E-state index is 0.00625. The zero-order valence-electron chi connectivity index (χ0n) is 15.2. The van der Waals surface area contributed by atoms with Crippen molar-refractivity contribution in [2.24, 2.45) is 11.8 Å². The Kier molecular flexibility index (Phi) is 6.87. The number of rotatable bonds is 8. The zero-order valence-corrected chi connectivity index (χ0v) is 15.2. The summed E-state index contributed by atoms with van der Waals surface area (Å²) in [6.45, 7) is 2.37. The highest BCUT2D eigenvalue weighted by Gasteiger charge is 2.30. The highest BCUT2D eigenvalue weighted by Crippen LogP contribution is 2.23. The summed E-state index contributed by atoms with van der Waals surface area (Å²) in [7, 11) is 0. The first-order chi connectivity index (χ1) is 13.2. The summed E-state index contributed by atoms with van der Waals surface area (Å²) in [5.41, 5.74) is 1.67. The van der Waals surface area contributed by atoms with Gasteiger partial charge in [-0.1, -0.05) is 12.1 Å². The van der Waals surface area contributed by atoms with Crippen molar-refractivity contribution in [2.75, 3.05) is 13.1 Å². The van der Waals surface area contributed by atoms with Gasteiger partial charge in [-0.3, -0.25) is 19.6 Å². The number of carbonyl (C=O) groups is 2. The molecular weight excluding hydrogens is 342 g/mol. The monoisotopic (exact) mass is 367 g/mol. The molecule has 0 unspecified atom stereocenters. The lowest BCUT2D eigenvalue weighted by atomic mass is 9.89. The molecule has 1 fully saturated rings. The third kappa shape index (κ3) is 6.14. The van der Waals surface area contributed by atoms with Gasteiger partial charge in [0.15, 0.2) is 0 Å². The Morgan fingerprint density at radius 3 is 1.74 bits per heavy atom. The van der Waals surface area contributed by atoms with E-state index in [2.05, 4.69) is 25.9 Å². The first-order valence-electron chi connectivity index (χ1n) is 9.24. The zero-order chi connectivity index (χ0) is 18.9. The Labute approximate surface area is 159 Å².